The first-order chi connectivity index (χ1) is 7.66. The fourth-order valence-corrected chi connectivity index (χ4v) is 2.13. The Kier molecular flexibility index (Phi) is 3.36. The van der Waals surface area contributed by atoms with Crippen LogP contribution in [0.2, 0.25) is 5.15 Å². The largest absolute Gasteiger partial charge is 0.365 e. The number of aryl methyl sites for hydroxylation is 1. The fraction of sp³-hybridized carbons (Fsp3) is 0.300. The number of halogens is 1. The molecule has 2 heterocycles. The van der Waals surface area contributed by atoms with Gasteiger partial charge in [0, 0.05) is 16.6 Å². The van der Waals surface area contributed by atoms with Crippen LogP contribution in [0, 0.1) is 13.8 Å². The summed E-state index contributed by atoms with van der Waals surface area (Å²) in [5.41, 5.74) is 0.866. The lowest BCUT2D eigenvalue weighted by atomic mass is 10.3. The molecule has 0 fully saturated rings. The third-order valence-corrected chi connectivity index (χ3v) is 3.42. The quantitative estimate of drug-likeness (QED) is 0.856. The summed E-state index contributed by atoms with van der Waals surface area (Å²) >= 11 is 7.57. The molecule has 2 aromatic rings. The number of nitrogens with one attached hydrogen (secondary N) is 1. The van der Waals surface area contributed by atoms with Crippen molar-refractivity contribution in [3.05, 3.63) is 33.1 Å². The number of rotatable bonds is 3. The Morgan fingerprint density at radius 2 is 2.12 bits per heavy atom. The van der Waals surface area contributed by atoms with Crippen LogP contribution in [0.4, 0.5) is 5.82 Å². The number of anilines is 1. The van der Waals surface area contributed by atoms with Gasteiger partial charge in [-0.15, -0.1) is 11.3 Å². The van der Waals surface area contributed by atoms with E-state index in [-0.39, 0.29) is 0 Å². The lowest BCUT2D eigenvalue weighted by Crippen LogP contribution is -2.02. The van der Waals surface area contributed by atoms with Crippen LogP contribution < -0.4 is 5.32 Å². The van der Waals surface area contributed by atoms with E-state index in [9.17, 15) is 0 Å². The maximum Gasteiger partial charge on any atom is 0.137 e. The van der Waals surface area contributed by atoms with Crippen LogP contribution in [0.3, 0.4) is 0 Å². The maximum absolute atomic E-state index is 5.90. The van der Waals surface area contributed by atoms with Crippen LogP contribution in [-0.2, 0) is 6.54 Å². The first kappa shape index (κ1) is 11.3. The highest BCUT2D eigenvalue weighted by Gasteiger charge is 2.05. The van der Waals surface area contributed by atoms with Gasteiger partial charge in [-0.3, -0.25) is 0 Å². The van der Waals surface area contributed by atoms with E-state index in [0.29, 0.717) is 11.7 Å². The average Bonchev–Trinajstić information content (AvgIpc) is 2.67. The van der Waals surface area contributed by atoms with E-state index >= 15 is 0 Å². The Hall–Kier alpha value is -1.20. The third-order valence-electron chi connectivity index (χ3n) is 2.12. The van der Waals surface area contributed by atoms with E-state index < -0.39 is 0 Å². The number of hydrogen-bond acceptors (Lipinski definition) is 5. The first-order valence-corrected chi connectivity index (χ1v) is 5.98. The van der Waals surface area contributed by atoms with E-state index in [1.807, 2.05) is 20.0 Å². The number of aromatic nitrogens is 3. The molecule has 0 aliphatic rings. The van der Waals surface area contributed by atoms with E-state index in [0.717, 1.165) is 16.4 Å². The van der Waals surface area contributed by atoms with Crippen molar-refractivity contribution in [3.8, 4) is 0 Å². The van der Waals surface area contributed by atoms with Gasteiger partial charge in [-0.25, -0.2) is 15.0 Å². The summed E-state index contributed by atoms with van der Waals surface area (Å²) < 4.78 is 0. The van der Waals surface area contributed by atoms with Gasteiger partial charge in [-0.2, -0.15) is 0 Å². The van der Waals surface area contributed by atoms with Crippen molar-refractivity contribution >= 4 is 28.8 Å². The van der Waals surface area contributed by atoms with Crippen molar-refractivity contribution in [1.82, 2.24) is 15.0 Å². The highest BCUT2D eigenvalue weighted by Crippen LogP contribution is 2.19. The van der Waals surface area contributed by atoms with Crippen molar-refractivity contribution in [2.75, 3.05) is 5.32 Å². The van der Waals surface area contributed by atoms with Crippen molar-refractivity contribution in [3.63, 3.8) is 0 Å². The molecular formula is C10H11ClN4S. The van der Waals surface area contributed by atoms with Gasteiger partial charge in [0.25, 0.3) is 0 Å². The van der Waals surface area contributed by atoms with Crippen molar-refractivity contribution < 1.29 is 0 Å². The van der Waals surface area contributed by atoms with E-state index in [4.69, 9.17) is 11.6 Å². The van der Waals surface area contributed by atoms with Gasteiger partial charge in [0.05, 0.1) is 11.6 Å². The molecule has 0 amide bonds. The lowest BCUT2D eigenvalue weighted by molar-refractivity contribution is 1.07. The molecule has 1 N–H and O–H groups in total. The normalized spacial score (nSPS) is 10.4. The highest BCUT2D eigenvalue weighted by molar-refractivity contribution is 7.11. The minimum atomic E-state index is 0.484. The standard InChI is InChI=1S/C10H11ClN4S/c1-6-9(11)14-5-15-10(6)13-4-8-3-12-7(2)16-8/h3,5H,4H2,1-2H3,(H,13,14,15). The second-order valence-corrected chi connectivity index (χ2v) is 5.01. The molecule has 6 heteroatoms. The van der Waals surface area contributed by atoms with Crippen LogP contribution >= 0.6 is 22.9 Å². The van der Waals surface area contributed by atoms with Crippen molar-refractivity contribution in [2.24, 2.45) is 0 Å². The summed E-state index contributed by atoms with van der Waals surface area (Å²) in [5, 5.41) is 4.77. The molecule has 0 saturated carbocycles. The number of thiazole rings is 1. The van der Waals surface area contributed by atoms with Crippen LogP contribution in [-0.4, -0.2) is 15.0 Å². The fourth-order valence-electron chi connectivity index (χ4n) is 1.26. The highest BCUT2D eigenvalue weighted by atomic mass is 35.5. The lowest BCUT2D eigenvalue weighted by Gasteiger charge is -2.06. The molecule has 2 aromatic heterocycles. The molecular weight excluding hydrogens is 244 g/mol. The summed E-state index contributed by atoms with van der Waals surface area (Å²) in [6.45, 7) is 4.59. The van der Waals surface area contributed by atoms with Gasteiger partial charge < -0.3 is 5.32 Å². The molecule has 0 radical (unpaired) electrons. The van der Waals surface area contributed by atoms with Gasteiger partial charge >= 0.3 is 0 Å². The molecule has 0 aromatic carbocycles. The topological polar surface area (TPSA) is 50.7 Å². The smallest absolute Gasteiger partial charge is 0.137 e. The van der Waals surface area contributed by atoms with Gasteiger partial charge in [-0.05, 0) is 13.8 Å². The van der Waals surface area contributed by atoms with Crippen LogP contribution in [0.1, 0.15) is 15.4 Å². The Morgan fingerprint density at radius 1 is 1.31 bits per heavy atom. The molecule has 0 bridgehead atoms. The molecule has 4 nitrogen and oxygen atoms in total. The first-order valence-electron chi connectivity index (χ1n) is 4.79. The predicted molar refractivity (Wildman–Crippen MR) is 66.0 cm³/mol. The monoisotopic (exact) mass is 254 g/mol. The molecule has 0 spiro atoms. The van der Waals surface area contributed by atoms with Gasteiger partial charge in [0.2, 0.25) is 0 Å². The predicted octanol–water partition coefficient (Wildman–Crippen LogP) is 2.82. The Labute approximate surface area is 103 Å². The minimum absolute atomic E-state index is 0.484. The third kappa shape index (κ3) is 2.48. The maximum atomic E-state index is 5.90. The number of hydrogen-bond donors (Lipinski definition) is 1. The minimum Gasteiger partial charge on any atom is -0.365 e. The zero-order chi connectivity index (χ0) is 11.5. The Balaban J connectivity index is 2.07. The Morgan fingerprint density at radius 3 is 2.81 bits per heavy atom. The summed E-state index contributed by atoms with van der Waals surface area (Å²) in [6.07, 6.45) is 3.32. The van der Waals surface area contributed by atoms with Crippen LogP contribution in [0.5, 0.6) is 0 Å². The molecule has 16 heavy (non-hydrogen) atoms. The van der Waals surface area contributed by atoms with Gasteiger partial charge in [0.1, 0.15) is 17.3 Å². The van der Waals surface area contributed by atoms with Crippen molar-refractivity contribution in [1.29, 1.82) is 0 Å². The zero-order valence-corrected chi connectivity index (χ0v) is 10.6. The van der Waals surface area contributed by atoms with Gasteiger partial charge in [0.15, 0.2) is 0 Å². The summed E-state index contributed by atoms with van der Waals surface area (Å²) in [6, 6.07) is 0. The molecule has 0 atom stereocenters. The van der Waals surface area contributed by atoms with Crippen LogP contribution in [0.15, 0.2) is 12.5 Å². The second kappa shape index (κ2) is 4.76. The zero-order valence-electron chi connectivity index (χ0n) is 8.99. The molecule has 0 aliphatic carbocycles. The van der Waals surface area contributed by atoms with Crippen molar-refractivity contribution in [2.45, 2.75) is 20.4 Å². The second-order valence-electron chi connectivity index (χ2n) is 3.34. The van der Waals surface area contributed by atoms with Crippen LogP contribution in [0.25, 0.3) is 0 Å². The summed E-state index contributed by atoms with van der Waals surface area (Å²) in [7, 11) is 0. The molecule has 2 rings (SSSR count). The summed E-state index contributed by atoms with van der Waals surface area (Å²) in [4.78, 5) is 13.4. The summed E-state index contributed by atoms with van der Waals surface area (Å²) in [5.74, 6) is 0.769. The molecule has 0 aliphatic heterocycles. The van der Waals surface area contributed by atoms with E-state index in [1.165, 1.54) is 11.2 Å². The average molecular weight is 255 g/mol. The Bertz CT molecular complexity index is 497. The molecule has 84 valence electrons. The number of nitrogens with zero attached hydrogens (tertiary/aromatic N) is 3. The molecule has 0 unspecified atom stereocenters. The van der Waals surface area contributed by atoms with E-state index in [2.05, 4.69) is 20.3 Å². The van der Waals surface area contributed by atoms with E-state index in [1.54, 1.807) is 11.3 Å². The van der Waals surface area contributed by atoms with Gasteiger partial charge in [-0.1, -0.05) is 11.6 Å². The SMILES string of the molecule is Cc1ncc(CNc2ncnc(Cl)c2C)s1. The molecule has 0 saturated heterocycles.